The lowest BCUT2D eigenvalue weighted by molar-refractivity contribution is 1.16. The quantitative estimate of drug-likeness (QED) is 0.621. The lowest BCUT2D eigenvalue weighted by Gasteiger charge is -1.97. The van der Waals surface area contributed by atoms with Gasteiger partial charge in [-0.2, -0.15) is 0 Å². The van der Waals surface area contributed by atoms with Crippen LogP contribution in [0.2, 0.25) is 0 Å². The fourth-order valence-electron chi connectivity index (χ4n) is 1.46. The lowest BCUT2D eigenvalue weighted by atomic mass is 10.1. The third-order valence-electron chi connectivity index (χ3n) is 2.19. The van der Waals surface area contributed by atoms with Crippen molar-refractivity contribution >= 4 is 21.4 Å². The minimum atomic E-state index is 1.12. The number of hydrogen-bond donors (Lipinski definition) is 0. The molecule has 0 spiro atoms. The molecule has 0 fully saturated rings. The Morgan fingerprint density at radius 3 is 3.00 bits per heavy atom. The number of benzene rings is 1. The molecule has 0 nitrogen and oxygen atoms in total. The first-order chi connectivity index (χ1) is 5.83. The highest BCUT2D eigenvalue weighted by Crippen LogP contribution is 2.27. The van der Waals surface area contributed by atoms with Crippen molar-refractivity contribution in [2.45, 2.75) is 20.3 Å². The standard InChI is InChI=1S/C11H11S/c1-3-9-5-4-6-10-8(2)7-12-11(9)10/h4-6H,3H2,1-2H3. The summed E-state index contributed by atoms with van der Waals surface area (Å²) in [6, 6.07) is 6.51. The topological polar surface area (TPSA) is 0 Å². The molecule has 0 aliphatic heterocycles. The molecular weight excluding hydrogens is 164 g/mol. The maximum absolute atomic E-state index is 3.29. The minimum absolute atomic E-state index is 1.12. The molecule has 0 unspecified atom stereocenters. The van der Waals surface area contributed by atoms with Gasteiger partial charge in [-0.1, -0.05) is 25.1 Å². The first-order valence-electron chi connectivity index (χ1n) is 4.21. The van der Waals surface area contributed by atoms with Crippen molar-refractivity contribution in [3.8, 4) is 0 Å². The number of fused-ring (bicyclic) bond motifs is 1. The Morgan fingerprint density at radius 2 is 2.25 bits per heavy atom. The van der Waals surface area contributed by atoms with Crippen LogP contribution in [0.25, 0.3) is 10.1 Å². The van der Waals surface area contributed by atoms with E-state index in [1.165, 1.54) is 21.2 Å². The maximum Gasteiger partial charge on any atom is 0.0487 e. The van der Waals surface area contributed by atoms with Crippen molar-refractivity contribution in [3.63, 3.8) is 0 Å². The minimum Gasteiger partial charge on any atom is -0.134 e. The Labute approximate surface area is 76.8 Å². The number of aryl methyl sites for hydroxylation is 2. The number of thiophene rings is 1. The monoisotopic (exact) mass is 175 g/mol. The molecule has 0 saturated carbocycles. The van der Waals surface area contributed by atoms with Crippen LogP contribution in [0.5, 0.6) is 0 Å². The zero-order chi connectivity index (χ0) is 8.55. The molecule has 1 heteroatoms. The van der Waals surface area contributed by atoms with Crippen LogP contribution in [0.4, 0.5) is 0 Å². The normalized spacial score (nSPS) is 10.8. The number of rotatable bonds is 1. The molecule has 0 aliphatic carbocycles. The SMILES string of the molecule is CCc1cccc2c(C)[c]sc12. The Kier molecular flexibility index (Phi) is 1.89. The van der Waals surface area contributed by atoms with Crippen molar-refractivity contribution in [1.82, 2.24) is 0 Å². The van der Waals surface area contributed by atoms with Crippen LogP contribution in [0.1, 0.15) is 18.1 Å². The molecule has 0 saturated heterocycles. The smallest absolute Gasteiger partial charge is 0.0487 e. The largest absolute Gasteiger partial charge is 0.134 e. The van der Waals surface area contributed by atoms with Gasteiger partial charge in [-0.3, -0.25) is 0 Å². The fraction of sp³-hybridized carbons (Fsp3) is 0.273. The molecule has 2 aromatic rings. The average molecular weight is 175 g/mol. The second-order valence-electron chi connectivity index (χ2n) is 2.98. The maximum atomic E-state index is 3.29. The van der Waals surface area contributed by atoms with Crippen LogP contribution < -0.4 is 0 Å². The van der Waals surface area contributed by atoms with Crippen LogP contribution in [0, 0.1) is 12.3 Å². The second kappa shape index (κ2) is 2.91. The molecule has 1 radical (unpaired) electrons. The summed E-state index contributed by atoms with van der Waals surface area (Å²) in [6.45, 7) is 4.32. The molecule has 0 bridgehead atoms. The van der Waals surface area contributed by atoms with Gasteiger partial charge in [-0.15, -0.1) is 11.3 Å². The summed E-state index contributed by atoms with van der Waals surface area (Å²) >= 11 is 1.74. The van der Waals surface area contributed by atoms with E-state index in [2.05, 4.69) is 37.4 Å². The molecular formula is C11H11S. The van der Waals surface area contributed by atoms with E-state index in [-0.39, 0.29) is 0 Å². The summed E-state index contributed by atoms with van der Waals surface area (Å²) < 4.78 is 1.41. The molecule has 61 valence electrons. The molecule has 0 aliphatic rings. The Hall–Kier alpha value is -0.820. The van der Waals surface area contributed by atoms with Gasteiger partial charge in [0.25, 0.3) is 0 Å². The predicted molar refractivity (Wildman–Crippen MR) is 54.8 cm³/mol. The first kappa shape index (κ1) is 7.81. The molecule has 0 amide bonds. The summed E-state index contributed by atoms with van der Waals surface area (Å²) in [6.07, 6.45) is 1.12. The van der Waals surface area contributed by atoms with E-state index in [1.807, 2.05) is 0 Å². The predicted octanol–water partition coefficient (Wildman–Crippen LogP) is 3.57. The van der Waals surface area contributed by atoms with E-state index in [0.717, 1.165) is 6.42 Å². The van der Waals surface area contributed by atoms with E-state index in [0.29, 0.717) is 0 Å². The van der Waals surface area contributed by atoms with Gasteiger partial charge in [0.15, 0.2) is 0 Å². The van der Waals surface area contributed by atoms with Crippen LogP contribution in [-0.2, 0) is 6.42 Å². The van der Waals surface area contributed by atoms with Gasteiger partial charge < -0.3 is 0 Å². The van der Waals surface area contributed by atoms with Gasteiger partial charge in [0.1, 0.15) is 0 Å². The van der Waals surface area contributed by atoms with E-state index in [1.54, 1.807) is 11.3 Å². The Morgan fingerprint density at radius 1 is 1.42 bits per heavy atom. The number of hydrogen-bond acceptors (Lipinski definition) is 1. The van der Waals surface area contributed by atoms with E-state index in [9.17, 15) is 0 Å². The molecule has 0 N–H and O–H groups in total. The highest BCUT2D eigenvalue weighted by molar-refractivity contribution is 7.17. The van der Waals surface area contributed by atoms with Crippen LogP contribution in [0.15, 0.2) is 18.2 Å². The van der Waals surface area contributed by atoms with Crippen molar-refractivity contribution in [1.29, 1.82) is 0 Å². The van der Waals surface area contributed by atoms with Crippen molar-refractivity contribution in [2.24, 2.45) is 0 Å². The Bertz CT molecular complexity index is 398. The van der Waals surface area contributed by atoms with Gasteiger partial charge in [-0.25, -0.2) is 0 Å². The van der Waals surface area contributed by atoms with Gasteiger partial charge in [0.2, 0.25) is 0 Å². The molecule has 1 aromatic heterocycles. The van der Waals surface area contributed by atoms with E-state index < -0.39 is 0 Å². The van der Waals surface area contributed by atoms with Crippen LogP contribution in [0.3, 0.4) is 0 Å². The third-order valence-corrected chi connectivity index (χ3v) is 3.28. The van der Waals surface area contributed by atoms with Gasteiger partial charge >= 0.3 is 0 Å². The summed E-state index contributed by atoms with van der Waals surface area (Å²) in [5, 5.41) is 4.67. The van der Waals surface area contributed by atoms with Gasteiger partial charge in [0.05, 0.1) is 0 Å². The summed E-state index contributed by atoms with van der Waals surface area (Å²) in [5.74, 6) is 0. The van der Waals surface area contributed by atoms with Crippen LogP contribution >= 0.6 is 11.3 Å². The molecule has 2 rings (SSSR count). The van der Waals surface area contributed by atoms with E-state index in [4.69, 9.17) is 0 Å². The fourth-order valence-corrected chi connectivity index (χ4v) is 2.50. The van der Waals surface area contributed by atoms with Crippen molar-refractivity contribution in [3.05, 3.63) is 34.7 Å². The average Bonchev–Trinajstić information content (AvgIpc) is 2.48. The van der Waals surface area contributed by atoms with Gasteiger partial charge in [0, 0.05) is 10.1 Å². The van der Waals surface area contributed by atoms with Gasteiger partial charge in [-0.05, 0) is 29.9 Å². The molecule has 1 aromatic carbocycles. The first-order valence-corrected chi connectivity index (χ1v) is 5.03. The Balaban J connectivity index is 2.81. The molecule has 1 heterocycles. The zero-order valence-corrected chi connectivity index (χ0v) is 8.16. The summed E-state index contributed by atoms with van der Waals surface area (Å²) in [5.41, 5.74) is 2.73. The second-order valence-corrected chi connectivity index (χ2v) is 3.79. The van der Waals surface area contributed by atoms with Crippen molar-refractivity contribution < 1.29 is 0 Å². The molecule has 12 heavy (non-hydrogen) atoms. The van der Waals surface area contributed by atoms with E-state index >= 15 is 0 Å². The lowest BCUT2D eigenvalue weighted by Crippen LogP contribution is -1.78. The third kappa shape index (κ3) is 1.05. The molecule has 0 atom stereocenters. The summed E-state index contributed by atoms with van der Waals surface area (Å²) in [7, 11) is 0. The zero-order valence-electron chi connectivity index (χ0n) is 7.35. The van der Waals surface area contributed by atoms with Crippen molar-refractivity contribution in [2.75, 3.05) is 0 Å². The highest BCUT2D eigenvalue weighted by Gasteiger charge is 2.02. The highest BCUT2D eigenvalue weighted by atomic mass is 32.1. The van der Waals surface area contributed by atoms with Crippen LogP contribution in [-0.4, -0.2) is 0 Å². The summed E-state index contributed by atoms with van der Waals surface area (Å²) in [4.78, 5) is 0.